The van der Waals surface area contributed by atoms with Crippen LogP contribution in [0.25, 0.3) is 0 Å². The SMILES string of the molecule is CC(C)c1ccc(NC(=O)CSC2=NC3NNCC3C(=O)N2c2ccc(Cl)cc2Cl)cc1. The summed E-state index contributed by atoms with van der Waals surface area (Å²) in [5.41, 5.74) is 8.39. The van der Waals surface area contributed by atoms with Gasteiger partial charge in [-0.25, -0.2) is 10.4 Å². The number of fused-ring (bicyclic) bond motifs is 1. The standard InChI is InChI=1S/C22H23Cl2N5O2S/c1-12(2)13-3-6-15(7-4-13)26-19(30)11-32-22-27-20-16(10-25-28-20)21(31)29(22)18-8-5-14(23)9-17(18)24/h3-9,12,16,20,25,28H,10-11H2,1-2H3,(H,26,30). The second kappa shape index (κ2) is 9.80. The number of hydrogen-bond donors (Lipinski definition) is 3. The Hall–Kier alpha value is -2.10. The van der Waals surface area contributed by atoms with E-state index in [1.807, 2.05) is 24.3 Å². The zero-order valence-electron chi connectivity index (χ0n) is 17.6. The molecule has 10 heteroatoms. The maximum atomic E-state index is 13.2. The summed E-state index contributed by atoms with van der Waals surface area (Å²) in [7, 11) is 0. The fraction of sp³-hybridized carbons (Fsp3) is 0.318. The van der Waals surface area contributed by atoms with Gasteiger partial charge in [-0.3, -0.25) is 19.9 Å². The first-order valence-corrected chi connectivity index (χ1v) is 12.0. The normalized spacial score (nSPS) is 20.3. The van der Waals surface area contributed by atoms with E-state index in [0.717, 1.165) is 5.69 Å². The molecule has 0 radical (unpaired) electrons. The Balaban J connectivity index is 1.50. The van der Waals surface area contributed by atoms with Crippen LogP contribution in [0.2, 0.25) is 10.0 Å². The molecule has 2 atom stereocenters. The number of rotatable bonds is 5. The predicted molar refractivity (Wildman–Crippen MR) is 131 cm³/mol. The topological polar surface area (TPSA) is 85.8 Å². The lowest BCUT2D eigenvalue weighted by atomic mass is 10.0. The number of hydrazine groups is 1. The summed E-state index contributed by atoms with van der Waals surface area (Å²) in [6.07, 6.45) is -0.390. The third kappa shape index (κ3) is 4.94. The second-order valence-corrected chi connectivity index (χ2v) is 9.66. The van der Waals surface area contributed by atoms with Crippen LogP contribution in [0.3, 0.4) is 0 Å². The van der Waals surface area contributed by atoms with Crippen molar-refractivity contribution < 1.29 is 9.59 Å². The molecule has 1 saturated heterocycles. The summed E-state index contributed by atoms with van der Waals surface area (Å²) < 4.78 is 0. The lowest BCUT2D eigenvalue weighted by Gasteiger charge is -2.32. The molecule has 32 heavy (non-hydrogen) atoms. The maximum Gasteiger partial charge on any atom is 0.241 e. The van der Waals surface area contributed by atoms with Crippen LogP contribution in [-0.4, -0.2) is 35.4 Å². The third-order valence-electron chi connectivity index (χ3n) is 5.28. The number of aliphatic imine (C=N–C) groups is 1. The summed E-state index contributed by atoms with van der Waals surface area (Å²) >= 11 is 13.6. The van der Waals surface area contributed by atoms with Crippen LogP contribution in [0.15, 0.2) is 47.5 Å². The van der Waals surface area contributed by atoms with E-state index in [4.69, 9.17) is 23.2 Å². The van der Waals surface area contributed by atoms with Gasteiger partial charge in [-0.15, -0.1) is 0 Å². The molecule has 2 aliphatic rings. The van der Waals surface area contributed by atoms with E-state index in [1.54, 1.807) is 18.2 Å². The van der Waals surface area contributed by atoms with Gasteiger partial charge in [0.15, 0.2) is 5.17 Å². The second-order valence-electron chi connectivity index (χ2n) is 7.87. The highest BCUT2D eigenvalue weighted by Gasteiger charge is 2.42. The molecule has 4 rings (SSSR count). The minimum absolute atomic E-state index is 0.0879. The smallest absolute Gasteiger partial charge is 0.241 e. The van der Waals surface area contributed by atoms with Crippen molar-refractivity contribution in [3.05, 3.63) is 58.1 Å². The number of thioether (sulfide) groups is 1. The highest BCUT2D eigenvalue weighted by Crippen LogP contribution is 2.35. The van der Waals surface area contributed by atoms with E-state index in [-0.39, 0.29) is 29.7 Å². The van der Waals surface area contributed by atoms with Gasteiger partial charge in [0, 0.05) is 17.3 Å². The number of carbonyl (C=O) groups excluding carboxylic acids is 2. The van der Waals surface area contributed by atoms with Crippen molar-refractivity contribution in [1.29, 1.82) is 0 Å². The lowest BCUT2D eigenvalue weighted by Crippen LogP contribution is -2.49. The summed E-state index contributed by atoms with van der Waals surface area (Å²) in [6.45, 7) is 4.70. The summed E-state index contributed by atoms with van der Waals surface area (Å²) in [5.74, 6) is -0.183. The number of carbonyl (C=O) groups is 2. The van der Waals surface area contributed by atoms with Crippen molar-refractivity contribution in [1.82, 2.24) is 10.9 Å². The van der Waals surface area contributed by atoms with Gasteiger partial charge in [0.05, 0.1) is 22.4 Å². The van der Waals surface area contributed by atoms with Gasteiger partial charge in [0.2, 0.25) is 11.8 Å². The van der Waals surface area contributed by atoms with Gasteiger partial charge >= 0.3 is 0 Å². The van der Waals surface area contributed by atoms with E-state index in [9.17, 15) is 9.59 Å². The Morgan fingerprint density at radius 1 is 1.25 bits per heavy atom. The first-order valence-electron chi connectivity index (χ1n) is 10.2. The zero-order chi connectivity index (χ0) is 22.8. The molecule has 1 fully saturated rings. The average molecular weight is 492 g/mol. The molecule has 0 saturated carbocycles. The molecule has 0 bridgehead atoms. The average Bonchev–Trinajstić information content (AvgIpc) is 3.22. The van der Waals surface area contributed by atoms with Crippen LogP contribution in [-0.2, 0) is 9.59 Å². The fourth-order valence-electron chi connectivity index (χ4n) is 3.53. The first-order chi connectivity index (χ1) is 15.3. The molecular formula is C22H23Cl2N5O2S. The number of nitrogens with one attached hydrogen (secondary N) is 3. The van der Waals surface area contributed by atoms with Crippen LogP contribution in [0.1, 0.15) is 25.3 Å². The number of nitrogens with zero attached hydrogens (tertiary/aromatic N) is 2. The Morgan fingerprint density at radius 2 is 2.00 bits per heavy atom. The van der Waals surface area contributed by atoms with E-state index in [2.05, 4.69) is 35.0 Å². The van der Waals surface area contributed by atoms with Crippen molar-refractivity contribution in [3.8, 4) is 0 Å². The van der Waals surface area contributed by atoms with Crippen molar-refractivity contribution in [2.24, 2.45) is 10.9 Å². The van der Waals surface area contributed by atoms with E-state index >= 15 is 0 Å². The van der Waals surface area contributed by atoms with Crippen LogP contribution in [0, 0.1) is 5.92 Å². The number of anilines is 2. The number of benzene rings is 2. The molecule has 2 aliphatic heterocycles. The van der Waals surface area contributed by atoms with E-state index in [0.29, 0.717) is 33.4 Å². The quantitative estimate of drug-likeness (QED) is 0.582. The van der Waals surface area contributed by atoms with Gasteiger partial charge in [0.1, 0.15) is 6.17 Å². The highest BCUT2D eigenvalue weighted by molar-refractivity contribution is 8.14. The molecule has 168 valence electrons. The maximum absolute atomic E-state index is 13.2. The van der Waals surface area contributed by atoms with Gasteiger partial charge in [-0.05, 0) is 41.8 Å². The molecule has 0 aromatic heterocycles. The molecule has 3 N–H and O–H groups in total. The Labute approximate surface area is 200 Å². The van der Waals surface area contributed by atoms with Crippen molar-refractivity contribution >= 4 is 63.3 Å². The Morgan fingerprint density at radius 3 is 2.69 bits per heavy atom. The number of hydrogen-bond acceptors (Lipinski definition) is 6. The minimum atomic E-state index is -0.390. The van der Waals surface area contributed by atoms with Gasteiger partial charge in [-0.2, -0.15) is 0 Å². The van der Waals surface area contributed by atoms with Crippen LogP contribution in [0.5, 0.6) is 0 Å². The first kappa shape index (κ1) is 23.1. The Bertz CT molecular complexity index is 1060. The number of halogens is 2. The van der Waals surface area contributed by atoms with Gasteiger partial charge in [-0.1, -0.05) is 60.9 Å². The molecule has 2 aromatic rings. The van der Waals surface area contributed by atoms with Crippen molar-refractivity contribution in [2.75, 3.05) is 22.5 Å². The Kier molecular flexibility index (Phi) is 7.07. The predicted octanol–water partition coefficient (Wildman–Crippen LogP) is 4.24. The van der Waals surface area contributed by atoms with Gasteiger partial charge in [0.25, 0.3) is 0 Å². The van der Waals surface area contributed by atoms with E-state index in [1.165, 1.54) is 22.2 Å². The summed E-state index contributed by atoms with van der Waals surface area (Å²) in [6, 6.07) is 12.7. The molecule has 0 aliphatic carbocycles. The van der Waals surface area contributed by atoms with E-state index < -0.39 is 0 Å². The van der Waals surface area contributed by atoms with Crippen LogP contribution < -0.4 is 21.1 Å². The molecule has 2 heterocycles. The third-order valence-corrected chi connectivity index (χ3v) is 6.77. The summed E-state index contributed by atoms with van der Waals surface area (Å²) in [4.78, 5) is 32.0. The lowest BCUT2D eigenvalue weighted by molar-refractivity contribution is -0.121. The molecule has 0 spiro atoms. The molecular weight excluding hydrogens is 469 g/mol. The number of amides is 2. The molecule has 2 aromatic carbocycles. The zero-order valence-corrected chi connectivity index (χ0v) is 19.9. The van der Waals surface area contributed by atoms with Crippen LogP contribution >= 0.6 is 35.0 Å². The van der Waals surface area contributed by atoms with Crippen molar-refractivity contribution in [3.63, 3.8) is 0 Å². The highest BCUT2D eigenvalue weighted by atomic mass is 35.5. The summed E-state index contributed by atoms with van der Waals surface area (Å²) in [5, 5.41) is 4.10. The van der Waals surface area contributed by atoms with Crippen LogP contribution in [0.4, 0.5) is 11.4 Å². The largest absolute Gasteiger partial charge is 0.325 e. The van der Waals surface area contributed by atoms with Crippen molar-refractivity contribution in [2.45, 2.75) is 25.9 Å². The monoisotopic (exact) mass is 491 g/mol. The van der Waals surface area contributed by atoms with Gasteiger partial charge < -0.3 is 5.32 Å². The molecule has 7 nitrogen and oxygen atoms in total. The fourth-order valence-corrected chi connectivity index (χ4v) is 4.86. The molecule has 2 unspecified atom stereocenters. The molecule has 2 amide bonds. The number of amidine groups is 1. The minimum Gasteiger partial charge on any atom is -0.325 e.